The Morgan fingerprint density at radius 2 is 1.79 bits per heavy atom. The number of nitrogens with zero attached hydrogens (tertiary/aromatic N) is 3. The Bertz CT molecular complexity index is 1190. The second-order valence-corrected chi connectivity index (χ2v) is 9.87. The molecule has 0 radical (unpaired) electrons. The van der Waals surface area contributed by atoms with Gasteiger partial charge in [-0.05, 0) is 43.3 Å². The standard InChI is InChI=1S/C28H33F4N3O4/c1-5-38-21-10-11-22(29)24(14-21)34-13-12-25(17(2)16-34)39-20-8-6-19(7-9-20)35-23(15-26(36)37-4)18(3)27(33-35)28(30,31)32/h6-11,14,17-18,23,25H,5,12-13,15-16H2,1-4H3/t17-,18+,23+,25+/m1/s1. The molecule has 212 valence electrons. The van der Waals surface area contributed by atoms with E-state index < -0.39 is 29.8 Å². The quantitative estimate of drug-likeness (QED) is 0.304. The van der Waals surface area contributed by atoms with E-state index in [1.807, 2.05) is 18.7 Å². The number of carbonyl (C=O) groups is 1. The van der Waals surface area contributed by atoms with Gasteiger partial charge in [0.15, 0.2) is 0 Å². The summed E-state index contributed by atoms with van der Waals surface area (Å²) in [5, 5.41) is 5.07. The number of alkyl halides is 3. The van der Waals surface area contributed by atoms with E-state index in [-0.39, 0.29) is 24.3 Å². The van der Waals surface area contributed by atoms with Gasteiger partial charge < -0.3 is 19.1 Å². The summed E-state index contributed by atoms with van der Waals surface area (Å²) < 4.78 is 71.6. The molecule has 0 aromatic heterocycles. The van der Waals surface area contributed by atoms with Crippen molar-refractivity contribution in [3.63, 3.8) is 0 Å². The first-order valence-corrected chi connectivity index (χ1v) is 13.0. The smallest absolute Gasteiger partial charge is 0.431 e. The fourth-order valence-corrected chi connectivity index (χ4v) is 5.12. The van der Waals surface area contributed by atoms with Crippen molar-refractivity contribution in [1.29, 1.82) is 0 Å². The number of piperidine rings is 1. The van der Waals surface area contributed by atoms with Crippen LogP contribution in [0.5, 0.6) is 11.5 Å². The van der Waals surface area contributed by atoms with Crippen molar-refractivity contribution in [3.05, 3.63) is 48.3 Å². The van der Waals surface area contributed by atoms with Crippen LogP contribution < -0.4 is 19.4 Å². The van der Waals surface area contributed by atoms with Crippen LogP contribution in [0.15, 0.2) is 47.6 Å². The molecule has 2 aromatic carbocycles. The third kappa shape index (κ3) is 6.39. The van der Waals surface area contributed by atoms with Gasteiger partial charge in [0.2, 0.25) is 0 Å². The highest BCUT2D eigenvalue weighted by atomic mass is 19.4. The first kappa shape index (κ1) is 28.5. The lowest BCUT2D eigenvalue weighted by atomic mass is 9.94. The number of halogens is 4. The van der Waals surface area contributed by atoms with Crippen molar-refractivity contribution in [2.24, 2.45) is 16.9 Å². The summed E-state index contributed by atoms with van der Waals surface area (Å²) in [5.74, 6) is -0.668. The molecular formula is C28H33F4N3O4. The maximum atomic E-state index is 14.5. The number of hydrogen-bond donors (Lipinski definition) is 0. The van der Waals surface area contributed by atoms with Crippen molar-refractivity contribution >= 4 is 23.1 Å². The molecule has 0 amide bonds. The van der Waals surface area contributed by atoms with Crippen LogP contribution in [-0.2, 0) is 9.53 Å². The zero-order valence-corrected chi connectivity index (χ0v) is 22.4. The first-order chi connectivity index (χ1) is 18.5. The highest BCUT2D eigenvalue weighted by molar-refractivity contribution is 5.96. The lowest BCUT2D eigenvalue weighted by Gasteiger charge is -2.38. The Hall–Kier alpha value is -3.50. The van der Waals surface area contributed by atoms with Crippen molar-refractivity contribution in [2.75, 3.05) is 36.7 Å². The van der Waals surface area contributed by atoms with E-state index >= 15 is 0 Å². The highest BCUT2D eigenvalue weighted by Crippen LogP contribution is 2.37. The molecule has 0 N–H and O–H groups in total. The summed E-state index contributed by atoms with van der Waals surface area (Å²) in [6.45, 7) is 6.99. The van der Waals surface area contributed by atoms with Crippen molar-refractivity contribution in [1.82, 2.24) is 0 Å². The first-order valence-electron chi connectivity index (χ1n) is 13.0. The van der Waals surface area contributed by atoms with Gasteiger partial charge in [-0.15, -0.1) is 0 Å². The van der Waals surface area contributed by atoms with Crippen LogP contribution in [0, 0.1) is 17.7 Å². The van der Waals surface area contributed by atoms with Crippen LogP contribution in [0.25, 0.3) is 0 Å². The molecule has 0 bridgehead atoms. The number of esters is 1. The van der Waals surface area contributed by atoms with Gasteiger partial charge in [0, 0.05) is 37.4 Å². The SMILES string of the molecule is CCOc1ccc(F)c(N2CC[C@H](Oc3ccc(N4N=C(C(F)(F)F)[C@@H](C)[C@@H]4CC(=O)OC)cc3)[C@H](C)C2)c1. The van der Waals surface area contributed by atoms with Crippen molar-refractivity contribution in [3.8, 4) is 11.5 Å². The summed E-state index contributed by atoms with van der Waals surface area (Å²) in [6, 6.07) is 10.5. The molecule has 2 heterocycles. The minimum absolute atomic E-state index is 0.0800. The normalized spacial score (nSPS) is 23.4. The summed E-state index contributed by atoms with van der Waals surface area (Å²) >= 11 is 0. The minimum atomic E-state index is -4.61. The molecule has 11 heteroatoms. The van der Waals surface area contributed by atoms with Gasteiger partial charge in [-0.2, -0.15) is 18.3 Å². The average Bonchev–Trinajstić information content (AvgIpc) is 3.23. The predicted molar refractivity (Wildman–Crippen MR) is 140 cm³/mol. The van der Waals surface area contributed by atoms with Crippen LogP contribution in [-0.4, -0.2) is 56.8 Å². The molecule has 1 fully saturated rings. The molecule has 0 saturated carbocycles. The van der Waals surface area contributed by atoms with Crippen LogP contribution in [0.1, 0.15) is 33.6 Å². The van der Waals surface area contributed by atoms with Crippen LogP contribution in [0.3, 0.4) is 0 Å². The lowest BCUT2D eigenvalue weighted by Crippen LogP contribution is -2.44. The van der Waals surface area contributed by atoms with Crippen molar-refractivity contribution in [2.45, 2.75) is 51.9 Å². The van der Waals surface area contributed by atoms with Crippen LogP contribution in [0.2, 0.25) is 0 Å². The van der Waals surface area contributed by atoms with E-state index in [0.29, 0.717) is 49.0 Å². The molecule has 0 aliphatic carbocycles. The largest absolute Gasteiger partial charge is 0.494 e. The monoisotopic (exact) mass is 551 g/mol. The van der Waals surface area contributed by atoms with Crippen molar-refractivity contribution < 1.29 is 36.6 Å². The Kier molecular flexibility index (Phi) is 8.56. The highest BCUT2D eigenvalue weighted by Gasteiger charge is 2.48. The van der Waals surface area contributed by atoms with E-state index in [1.54, 1.807) is 36.4 Å². The zero-order chi connectivity index (χ0) is 28.3. The fraction of sp³-hybridized carbons (Fsp3) is 0.500. The van der Waals surface area contributed by atoms with E-state index in [4.69, 9.17) is 9.47 Å². The third-order valence-corrected chi connectivity index (χ3v) is 7.22. The molecule has 2 aromatic rings. The number of ether oxygens (including phenoxy) is 3. The number of hydrogen-bond acceptors (Lipinski definition) is 7. The van der Waals surface area contributed by atoms with Gasteiger partial charge in [-0.3, -0.25) is 9.80 Å². The Labute approximate surface area is 225 Å². The number of methoxy groups -OCH3 is 1. The lowest BCUT2D eigenvalue weighted by molar-refractivity contribution is -0.141. The van der Waals surface area contributed by atoms with E-state index in [0.717, 1.165) is 0 Å². The zero-order valence-electron chi connectivity index (χ0n) is 22.4. The molecule has 0 spiro atoms. The fourth-order valence-electron chi connectivity index (χ4n) is 5.12. The van der Waals surface area contributed by atoms with Gasteiger partial charge in [0.05, 0.1) is 37.6 Å². The van der Waals surface area contributed by atoms with Crippen LogP contribution >= 0.6 is 0 Å². The second-order valence-electron chi connectivity index (χ2n) is 9.87. The Morgan fingerprint density at radius 1 is 1.10 bits per heavy atom. The van der Waals surface area contributed by atoms with E-state index in [9.17, 15) is 22.4 Å². The summed E-state index contributed by atoms with van der Waals surface area (Å²) in [6.07, 6.45) is -4.31. The molecule has 4 rings (SSSR count). The number of carbonyl (C=O) groups excluding carboxylic acids is 1. The van der Waals surface area contributed by atoms with E-state index in [2.05, 4.69) is 9.84 Å². The molecule has 1 saturated heterocycles. The maximum absolute atomic E-state index is 14.5. The average molecular weight is 552 g/mol. The minimum Gasteiger partial charge on any atom is -0.494 e. The molecule has 0 unspecified atom stereocenters. The third-order valence-electron chi connectivity index (χ3n) is 7.22. The molecular weight excluding hydrogens is 518 g/mol. The Morgan fingerprint density at radius 3 is 2.41 bits per heavy atom. The van der Waals surface area contributed by atoms with Gasteiger partial charge in [-0.25, -0.2) is 4.39 Å². The number of anilines is 2. The molecule has 4 atom stereocenters. The molecule has 7 nitrogen and oxygen atoms in total. The number of rotatable bonds is 8. The van der Waals surface area contributed by atoms with Gasteiger partial charge in [-0.1, -0.05) is 13.8 Å². The molecule has 39 heavy (non-hydrogen) atoms. The van der Waals surface area contributed by atoms with E-state index in [1.165, 1.54) is 25.1 Å². The van der Waals surface area contributed by atoms with Gasteiger partial charge in [0.1, 0.15) is 29.1 Å². The van der Waals surface area contributed by atoms with Crippen LogP contribution in [0.4, 0.5) is 28.9 Å². The summed E-state index contributed by atoms with van der Waals surface area (Å²) in [5.41, 5.74) is -0.0221. The summed E-state index contributed by atoms with van der Waals surface area (Å²) in [7, 11) is 1.20. The summed E-state index contributed by atoms with van der Waals surface area (Å²) in [4.78, 5) is 13.9. The van der Waals surface area contributed by atoms with Gasteiger partial charge >= 0.3 is 12.1 Å². The van der Waals surface area contributed by atoms with Gasteiger partial charge in [0.25, 0.3) is 0 Å². The Balaban J connectivity index is 1.44. The number of hydrazone groups is 1. The topological polar surface area (TPSA) is 63.6 Å². The number of benzene rings is 2. The predicted octanol–water partition coefficient (Wildman–Crippen LogP) is 5.82. The second kappa shape index (κ2) is 11.7. The molecule has 2 aliphatic rings. The molecule has 2 aliphatic heterocycles. The maximum Gasteiger partial charge on any atom is 0.431 e.